The second-order valence-electron chi connectivity index (χ2n) is 8.42. The Labute approximate surface area is 179 Å². The van der Waals surface area contributed by atoms with Crippen molar-refractivity contribution in [3.05, 3.63) is 65.2 Å². The van der Waals surface area contributed by atoms with Gasteiger partial charge in [0, 0.05) is 31.7 Å². The number of hydrogen-bond acceptors (Lipinski definition) is 4. The molecule has 0 radical (unpaired) electrons. The first-order valence-corrected chi connectivity index (χ1v) is 12.6. The van der Waals surface area contributed by atoms with Crippen LogP contribution in [-0.4, -0.2) is 31.9 Å². The lowest BCUT2D eigenvalue weighted by atomic mass is 10.1. The lowest BCUT2D eigenvalue weighted by molar-refractivity contribution is -0.120. The summed E-state index contributed by atoms with van der Waals surface area (Å²) in [6.07, 6.45) is 4.60. The molecule has 160 valence electrons. The Hall–Kier alpha value is -2.34. The number of para-hydroxylation sites is 1. The molecule has 4 rings (SSSR count). The third kappa shape index (κ3) is 5.04. The number of nitrogens with zero attached hydrogens (tertiary/aromatic N) is 1. The van der Waals surface area contributed by atoms with Gasteiger partial charge >= 0.3 is 0 Å². The molecular formula is C24H30N2O3S. The van der Waals surface area contributed by atoms with Crippen molar-refractivity contribution < 1.29 is 13.2 Å². The van der Waals surface area contributed by atoms with Crippen LogP contribution in [0.25, 0.3) is 0 Å². The summed E-state index contributed by atoms with van der Waals surface area (Å²) < 4.78 is 24.6. The topological polar surface area (TPSA) is 66.5 Å². The number of benzene rings is 2. The molecule has 2 aromatic carbocycles. The normalized spacial score (nSPS) is 16.6. The molecule has 0 saturated heterocycles. The van der Waals surface area contributed by atoms with Crippen LogP contribution < -0.4 is 10.2 Å². The summed E-state index contributed by atoms with van der Waals surface area (Å²) in [7, 11) is -3.14. The van der Waals surface area contributed by atoms with E-state index in [0.717, 1.165) is 50.8 Å². The van der Waals surface area contributed by atoms with Gasteiger partial charge in [-0.2, -0.15) is 0 Å². The third-order valence-electron chi connectivity index (χ3n) is 6.29. The van der Waals surface area contributed by atoms with E-state index in [1.807, 2.05) is 12.1 Å². The van der Waals surface area contributed by atoms with Crippen LogP contribution in [0.5, 0.6) is 0 Å². The van der Waals surface area contributed by atoms with E-state index in [2.05, 4.69) is 46.6 Å². The van der Waals surface area contributed by atoms with E-state index >= 15 is 0 Å². The average Bonchev–Trinajstić information content (AvgIpc) is 3.43. The predicted molar refractivity (Wildman–Crippen MR) is 120 cm³/mol. The Balaban J connectivity index is 1.23. The fraction of sp³-hybridized carbons (Fsp3) is 0.458. The maximum atomic E-state index is 12.3. The molecule has 1 saturated carbocycles. The standard InChI is InChI=1S/C24H30N2O3S/c27-24(14-16-30(28,29)22-6-2-3-7-22)25-17-19-9-11-20(12-10-19)18-26-15-13-21-5-1-4-8-23(21)26/h1,4-5,8-12,22H,2-3,6-7,13-18H2,(H,25,27). The minimum atomic E-state index is -3.14. The Morgan fingerprint density at radius 3 is 2.47 bits per heavy atom. The second-order valence-corrected chi connectivity index (χ2v) is 10.8. The van der Waals surface area contributed by atoms with Gasteiger partial charge < -0.3 is 10.2 Å². The molecule has 30 heavy (non-hydrogen) atoms. The number of rotatable bonds is 8. The van der Waals surface area contributed by atoms with E-state index in [4.69, 9.17) is 0 Å². The number of anilines is 1. The molecule has 0 aromatic heterocycles. The first-order chi connectivity index (χ1) is 14.5. The number of carbonyl (C=O) groups is 1. The van der Waals surface area contributed by atoms with E-state index in [1.54, 1.807) is 0 Å². The molecule has 1 heterocycles. The van der Waals surface area contributed by atoms with Crippen molar-refractivity contribution >= 4 is 21.4 Å². The van der Waals surface area contributed by atoms with Gasteiger partial charge in [0.2, 0.25) is 5.91 Å². The SMILES string of the molecule is O=C(CCS(=O)(=O)C1CCCC1)NCc1ccc(CN2CCc3ccccc32)cc1. The largest absolute Gasteiger partial charge is 0.367 e. The Kier molecular flexibility index (Phi) is 6.42. The van der Waals surface area contributed by atoms with Crippen LogP contribution in [-0.2, 0) is 34.1 Å². The summed E-state index contributed by atoms with van der Waals surface area (Å²) in [5.41, 5.74) is 4.99. The van der Waals surface area contributed by atoms with Gasteiger partial charge in [0.25, 0.3) is 0 Å². The second kappa shape index (κ2) is 9.21. The van der Waals surface area contributed by atoms with Crippen LogP contribution in [0.2, 0.25) is 0 Å². The fourth-order valence-electron chi connectivity index (χ4n) is 4.49. The molecule has 0 unspecified atom stereocenters. The van der Waals surface area contributed by atoms with Crippen molar-refractivity contribution in [2.45, 2.75) is 56.9 Å². The summed E-state index contributed by atoms with van der Waals surface area (Å²) in [6, 6.07) is 16.8. The molecule has 2 aromatic rings. The van der Waals surface area contributed by atoms with E-state index < -0.39 is 9.84 Å². The van der Waals surface area contributed by atoms with Gasteiger partial charge in [-0.15, -0.1) is 0 Å². The van der Waals surface area contributed by atoms with Gasteiger partial charge in [-0.3, -0.25) is 4.79 Å². The number of carbonyl (C=O) groups excluding carboxylic acids is 1. The lowest BCUT2D eigenvalue weighted by Gasteiger charge is -2.19. The molecule has 1 aliphatic heterocycles. The van der Waals surface area contributed by atoms with E-state index in [9.17, 15) is 13.2 Å². The van der Waals surface area contributed by atoms with Gasteiger partial charge in [-0.25, -0.2) is 8.42 Å². The number of fused-ring (bicyclic) bond motifs is 1. The van der Waals surface area contributed by atoms with Crippen molar-refractivity contribution in [3.8, 4) is 0 Å². The molecule has 6 heteroatoms. The predicted octanol–water partition coefficient (Wildman–Crippen LogP) is 3.61. The summed E-state index contributed by atoms with van der Waals surface area (Å²) in [5.74, 6) is -0.242. The van der Waals surface area contributed by atoms with E-state index in [0.29, 0.717) is 6.54 Å². The first kappa shape index (κ1) is 20.9. The van der Waals surface area contributed by atoms with Crippen LogP contribution in [0.4, 0.5) is 5.69 Å². The van der Waals surface area contributed by atoms with Crippen molar-refractivity contribution in [1.29, 1.82) is 0 Å². The highest BCUT2D eigenvalue weighted by Gasteiger charge is 2.28. The van der Waals surface area contributed by atoms with Crippen molar-refractivity contribution in [2.75, 3.05) is 17.2 Å². The maximum Gasteiger partial charge on any atom is 0.221 e. The fourth-order valence-corrected chi connectivity index (χ4v) is 6.35. The molecule has 0 bridgehead atoms. The summed E-state index contributed by atoms with van der Waals surface area (Å²) in [4.78, 5) is 14.5. The zero-order valence-electron chi connectivity index (χ0n) is 17.3. The summed E-state index contributed by atoms with van der Waals surface area (Å²) in [5, 5.41) is 2.62. The van der Waals surface area contributed by atoms with Gasteiger partial charge in [0.15, 0.2) is 9.84 Å². The molecule has 1 fully saturated rings. The Morgan fingerprint density at radius 2 is 1.70 bits per heavy atom. The number of nitrogens with one attached hydrogen (secondary N) is 1. The highest BCUT2D eigenvalue weighted by molar-refractivity contribution is 7.92. The van der Waals surface area contributed by atoms with Gasteiger partial charge in [0.1, 0.15) is 0 Å². The monoisotopic (exact) mass is 426 g/mol. The molecule has 0 spiro atoms. The van der Waals surface area contributed by atoms with Crippen molar-refractivity contribution in [1.82, 2.24) is 5.32 Å². The highest BCUT2D eigenvalue weighted by atomic mass is 32.2. The third-order valence-corrected chi connectivity index (χ3v) is 8.55. The van der Waals surface area contributed by atoms with Crippen molar-refractivity contribution in [2.24, 2.45) is 0 Å². The van der Waals surface area contributed by atoms with Gasteiger partial charge in [0.05, 0.1) is 11.0 Å². The summed E-state index contributed by atoms with van der Waals surface area (Å²) >= 11 is 0. The zero-order valence-corrected chi connectivity index (χ0v) is 18.2. The molecule has 0 atom stereocenters. The highest BCUT2D eigenvalue weighted by Crippen LogP contribution is 2.29. The minimum Gasteiger partial charge on any atom is -0.367 e. The maximum absolute atomic E-state index is 12.3. The Morgan fingerprint density at radius 1 is 1.00 bits per heavy atom. The number of amides is 1. The van der Waals surface area contributed by atoms with Crippen molar-refractivity contribution in [3.63, 3.8) is 0 Å². The molecule has 1 amide bonds. The average molecular weight is 427 g/mol. The van der Waals surface area contributed by atoms with Crippen LogP contribution in [0.3, 0.4) is 0 Å². The molecular weight excluding hydrogens is 396 g/mol. The van der Waals surface area contributed by atoms with Crippen LogP contribution in [0.15, 0.2) is 48.5 Å². The number of hydrogen-bond donors (Lipinski definition) is 1. The molecule has 2 aliphatic rings. The van der Waals surface area contributed by atoms with Crippen LogP contribution in [0.1, 0.15) is 48.8 Å². The van der Waals surface area contributed by atoms with Crippen LogP contribution in [0, 0.1) is 0 Å². The smallest absolute Gasteiger partial charge is 0.221 e. The lowest BCUT2D eigenvalue weighted by Crippen LogP contribution is -2.28. The first-order valence-electron chi connectivity index (χ1n) is 10.9. The Bertz CT molecular complexity index is 980. The van der Waals surface area contributed by atoms with Gasteiger partial charge in [-0.05, 0) is 42.0 Å². The molecule has 1 aliphatic carbocycles. The zero-order chi connectivity index (χ0) is 21.0. The van der Waals surface area contributed by atoms with Gasteiger partial charge in [-0.1, -0.05) is 55.3 Å². The summed E-state index contributed by atoms with van der Waals surface area (Å²) in [6.45, 7) is 2.35. The quantitative estimate of drug-likeness (QED) is 0.700. The van der Waals surface area contributed by atoms with E-state index in [-0.39, 0.29) is 23.3 Å². The molecule has 5 nitrogen and oxygen atoms in total. The number of sulfone groups is 1. The molecule has 1 N–H and O–H groups in total. The van der Waals surface area contributed by atoms with Crippen LogP contribution >= 0.6 is 0 Å². The van der Waals surface area contributed by atoms with E-state index in [1.165, 1.54) is 16.8 Å². The minimum absolute atomic E-state index is 0.0419.